The Morgan fingerprint density at radius 1 is 0.731 bits per heavy atom. The Morgan fingerprint density at radius 3 is 1.50 bits per heavy atom. The van der Waals surface area contributed by atoms with Crippen molar-refractivity contribution in [1.29, 1.82) is 0 Å². The molecular formula is C20H24N2O2S2. The predicted octanol–water partition coefficient (Wildman–Crippen LogP) is 5.96. The van der Waals surface area contributed by atoms with Gasteiger partial charge in [-0.1, -0.05) is 59.7 Å². The molecular weight excluding hydrogens is 364 g/mol. The van der Waals surface area contributed by atoms with Crippen LogP contribution in [0.15, 0.2) is 58.3 Å². The predicted molar refractivity (Wildman–Crippen MR) is 112 cm³/mol. The van der Waals surface area contributed by atoms with Crippen LogP contribution in [0, 0.1) is 0 Å². The molecule has 2 aromatic rings. The summed E-state index contributed by atoms with van der Waals surface area (Å²) < 4.78 is 0. The standard InChI is InChI=1S/C20H24N2O2S2/c1-3-9-19(23)21-15-11-5-7-13-17(15)25-26-18-14-8-6-12-16(18)22-20(24)10-4-2/h5-8,11-14H,3-4,9-10H2,1-2H3,(H,21,23)(H,22,24). The van der Waals surface area contributed by atoms with E-state index >= 15 is 0 Å². The van der Waals surface area contributed by atoms with Crippen LogP contribution in [0.2, 0.25) is 0 Å². The van der Waals surface area contributed by atoms with Crippen LogP contribution in [0.3, 0.4) is 0 Å². The summed E-state index contributed by atoms with van der Waals surface area (Å²) in [6.07, 6.45) is 2.67. The van der Waals surface area contributed by atoms with Crippen LogP contribution < -0.4 is 10.6 Å². The van der Waals surface area contributed by atoms with Crippen LogP contribution in [-0.2, 0) is 9.59 Å². The summed E-state index contributed by atoms with van der Waals surface area (Å²) in [5, 5.41) is 5.94. The largest absolute Gasteiger partial charge is 0.325 e. The van der Waals surface area contributed by atoms with E-state index in [1.165, 1.54) is 0 Å². The molecule has 4 nitrogen and oxygen atoms in total. The van der Waals surface area contributed by atoms with Gasteiger partial charge in [-0.15, -0.1) is 0 Å². The Balaban J connectivity index is 2.07. The van der Waals surface area contributed by atoms with Crippen molar-refractivity contribution < 1.29 is 9.59 Å². The molecule has 0 saturated carbocycles. The maximum Gasteiger partial charge on any atom is 0.224 e. The fraction of sp³-hybridized carbons (Fsp3) is 0.300. The third kappa shape index (κ3) is 6.42. The van der Waals surface area contributed by atoms with Crippen LogP contribution in [0.5, 0.6) is 0 Å². The Hall–Kier alpha value is -1.92. The molecule has 2 amide bonds. The van der Waals surface area contributed by atoms with Gasteiger partial charge < -0.3 is 10.6 Å². The number of hydrogen-bond acceptors (Lipinski definition) is 4. The maximum atomic E-state index is 11.9. The SMILES string of the molecule is CCCC(=O)Nc1ccccc1SSc1ccccc1NC(=O)CCC. The second-order valence-corrected chi connectivity index (χ2v) is 7.97. The molecule has 0 fully saturated rings. The third-order valence-corrected chi connectivity index (χ3v) is 5.98. The highest BCUT2D eigenvalue weighted by Gasteiger charge is 2.10. The van der Waals surface area contributed by atoms with Gasteiger partial charge in [0.1, 0.15) is 0 Å². The van der Waals surface area contributed by atoms with E-state index in [0.717, 1.165) is 34.0 Å². The highest BCUT2D eigenvalue weighted by molar-refractivity contribution is 8.76. The Bertz CT molecular complexity index is 687. The molecule has 138 valence electrons. The van der Waals surface area contributed by atoms with Crippen LogP contribution >= 0.6 is 21.6 Å². The van der Waals surface area contributed by atoms with E-state index in [4.69, 9.17) is 0 Å². The van der Waals surface area contributed by atoms with Crippen molar-refractivity contribution in [3.8, 4) is 0 Å². The minimum atomic E-state index is 0.0257. The van der Waals surface area contributed by atoms with E-state index < -0.39 is 0 Å². The molecule has 0 aliphatic rings. The van der Waals surface area contributed by atoms with Gasteiger partial charge in [-0.3, -0.25) is 9.59 Å². The molecule has 0 aliphatic heterocycles. The molecule has 2 rings (SSSR count). The minimum Gasteiger partial charge on any atom is -0.325 e. The fourth-order valence-corrected chi connectivity index (χ4v) is 4.53. The average Bonchev–Trinajstić information content (AvgIpc) is 2.62. The normalized spacial score (nSPS) is 10.4. The zero-order chi connectivity index (χ0) is 18.8. The molecule has 0 aliphatic carbocycles. The van der Waals surface area contributed by atoms with Crippen LogP contribution in [0.25, 0.3) is 0 Å². The molecule has 0 spiro atoms. The number of rotatable bonds is 9. The van der Waals surface area contributed by atoms with Gasteiger partial charge in [-0.2, -0.15) is 0 Å². The lowest BCUT2D eigenvalue weighted by atomic mass is 10.3. The average molecular weight is 389 g/mol. The maximum absolute atomic E-state index is 11.9. The van der Waals surface area contributed by atoms with Gasteiger partial charge in [0.2, 0.25) is 11.8 Å². The van der Waals surface area contributed by atoms with E-state index in [1.54, 1.807) is 21.6 Å². The van der Waals surface area contributed by atoms with Crippen LogP contribution in [0.1, 0.15) is 39.5 Å². The molecule has 2 N–H and O–H groups in total. The van der Waals surface area contributed by atoms with Crippen molar-refractivity contribution in [1.82, 2.24) is 0 Å². The topological polar surface area (TPSA) is 58.2 Å². The van der Waals surface area contributed by atoms with Gasteiger partial charge in [-0.05, 0) is 37.1 Å². The summed E-state index contributed by atoms with van der Waals surface area (Å²) in [4.78, 5) is 25.8. The number of amides is 2. The first-order valence-corrected chi connectivity index (χ1v) is 10.9. The zero-order valence-electron chi connectivity index (χ0n) is 15.1. The summed E-state index contributed by atoms with van der Waals surface area (Å²) in [7, 11) is 3.13. The van der Waals surface area contributed by atoms with E-state index in [2.05, 4.69) is 10.6 Å². The van der Waals surface area contributed by atoms with Gasteiger partial charge in [0.25, 0.3) is 0 Å². The second kappa shape index (κ2) is 10.9. The molecule has 0 atom stereocenters. The molecule has 0 radical (unpaired) electrons. The van der Waals surface area contributed by atoms with Crippen LogP contribution in [0.4, 0.5) is 11.4 Å². The lowest BCUT2D eigenvalue weighted by Crippen LogP contribution is -2.11. The van der Waals surface area contributed by atoms with Gasteiger partial charge in [-0.25, -0.2) is 0 Å². The lowest BCUT2D eigenvalue weighted by molar-refractivity contribution is -0.117. The Kier molecular flexibility index (Phi) is 8.58. The first-order chi connectivity index (χ1) is 12.6. The molecule has 6 heteroatoms. The van der Waals surface area contributed by atoms with Crippen molar-refractivity contribution in [2.24, 2.45) is 0 Å². The first kappa shape index (κ1) is 20.4. The van der Waals surface area contributed by atoms with Crippen molar-refractivity contribution >= 4 is 44.8 Å². The molecule has 0 saturated heterocycles. The highest BCUT2D eigenvalue weighted by atomic mass is 33.1. The van der Waals surface area contributed by atoms with Gasteiger partial charge in [0.15, 0.2) is 0 Å². The summed E-state index contributed by atoms with van der Waals surface area (Å²) >= 11 is 0. The number of hydrogen-bond donors (Lipinski definition) is 2. The van der Waals surface area contributed by atoms with E-state index in [9.17, 15) is 9.59 Å². The Labute approximate surface area is 162 Å². The highest BCUT2D eigenvalue weighted by Crippen LogP contribution is 2.43. The van der Waals surface area contributed by atoms with Crippen molar-refractivity contribution in [2.75, 3.05) is 10.6 Å². The number of carbonyl (C=O) groups is 2. The summed E-state index contributed by atoms with van der Waals surface area (Å²) in [5.41, 5.74) is 1.63. The molecule has 0 aromatic heterocycles. The summed E-state index contributed by atoms with van der Waals surface area (Å²) in [5.74, 6) is 0.0514. The zero-order valence-corrected chi connectivity index (χ0v) is 16.7. The fourth-order valence-electron chi connectivity index (χ4n) is 2.25. The summed E-state index contributed by atoms with van der Waals surface area (Å²) in [6.45, 7) is 3.97. The second-order valence-electron chi connectivity index (χ2n) is 5.76. The molecule has 26 heavy (non-hydrogen) atoms. The minimum absolute atomic E-state index is 0.0257. The molecule has 0 heterocycles. The number of benzene rings is 2. The van der Waals surface area contributed by atoms with Gasteiger partial charge >= 0.3 is 0 Å². The molecule has 0 bridgehead atoms. The first-order valence-electron chi connectivity index (χ1n) is 8.76. The van der Waals surface area contributed by atoms with E-state index in [0.29, 0.717) is 12.8 Å². The smallest absolute Gasteiger partial charge is 0.224 e. The number of nitrogens with one attached hydrogen (secondary N) is 2. The molecule has 2 aromatic carbocycles. The van der Waals surface area contributed by atoms with Crippen molar-refractivity contribution in [2.45, 2.75) is 49.3 Å². The van der Waals surface area contributed by atoms with E-state index in [1.807, 2.05) is 62.4 Å². The number of anilines is 2. The van der Waals surface area contributed by atoms with Crippen LogP contribution in [-0.4, -0.2) is 11.8 Å². The summed E-state index contributed by atoms with van der Waals surface area (Å²) in [6, 6.07) is 15.5. The number of para-hydroxylation sites is 2. The Morgan fingerprint density at radius 2 is 1.12 bits per heavy atom. The third-order valence-electron chi connectivity index (χ3n) is 3.50. The van der Waals surface area contributed by atoms with Gasteiger partial charge in [0.05, 0.1) is 11.4 Å². The van der Waals surface area contributed by atoms with Crippen molar-refractivity contribution in [3.63, 3.8) is 0 Å². The number of carbonyl (C=O) groups excluding carboxylic acids is 2. The quantitative estimate of drug-likeness (QED) is 0.520. The molecule has 0 unspecified atom stereocenters. The van der Waals surface area contributed by atoms with Gasteiger partial charge in [0, 0.05) is 22.6 Å². The monoisotopic (exact) mass is 388 g/mol. The van der Waals surface area contributed by atoms with E-state index in [-0.39, 0.29) is 11.8 Å². The lowest BCUT2D eigenvalue weighted by Gasteiger charge is -2.12. The van der Waals surface area contributed by atoms with Crippen molar-refractivity contribution in [3.05, 3.63) is 48.5 Å².